The SMILES string of the molecule is CCCc1ccc(N(c2ccc(CCC)cc2)c2ccc3c4c(-c5ccccc5)c5c6ccc(N(c7ccc(CCC)cc7)c7ccc(CCC)cc7)c7cccc(c5c(-c5ccccc5)c4c4cccc2c43)c76)cc1. The summed E-state index contributed by atoms with van der Waals surface area (Å²) in [5.74, 6) is 0. The predicted molar refractivity (Wildman–Crippen MR) is 330 cm³/mol. The third kappa shape index (κ3) is 7.93. The topological polar surface area (TPSA) is 6.48 Å². The molecule has 0 aliphatic carbocycles. The standard InChI is InChI=1S/C74H64N2/c1-5-17-49-29-37-55(38-30-49)75(56-39-31-50(18-6-2)32-40-56)65-47-45-63-69-59(65)25-15-27-61(69)71-67(53-21-11-9-12-22-53)72-62-28-16-26-60-66(48-46-64(70(60)62)74(72)68(73(63)71)54-23-13-10-14-24-54)76(57-41-33-51(19-7-3)34-42-57)58-43-35-52(20-8-4)36-44-58/h9-16,21-48H,5-8,17-20H2,1-4H3. The molecule has 0 fully saturated rings. The summed E-state index contributed by atoms with van der Waals surface area (Å²) in [6.07, 6.45) is 8.79. The van der Waals surface area contributed by atoms with Crippen LogP contribution < -0.4 is 9.80 Å². The maximum atomic E-state index is 2.49. The Bertz CT molecular complexity index is 3730. The van der Waals surface area contributed by atoms with E-state index in [0.29, 0.717) is 0 Å². The molecule has 2 heteroatoms. The molecule has 0 saturated heterocycles. The maximum absolute atomic E-state index is 2.49. The van der Waals surface area contributed by atoms with E-state index in [1.165, 1.54) is 121 Å². The van der Waals surface area contributed by atoms with Crippen molar-refractivity contribution in [2.75, 3.05) is 9.80 Å². The Labute approximate surface area is 448 Å². The maximum Gasteiger partial charge on any atom is 0.0540 e. The number of anilines is 6. The smallest absolute Gasteiger partial charge is 0.0540 e. The second-order valence-electron chi connectivity index (χ2n) is 21.0. The van der Waals surface area contributed by atoms with Crippen molar-refractivity contribution >= 4 is 98.8 Å². The van der Waals surface area contributed by atoms with Gasteiger partial charge in [0.25, 0.3) is 0 Å². The van der Waals surface area contributed by atoms with Crippen molar-refractivity contribution in [3.8, 4) is 22.3 Å². The third-order valence-corrected chi connectivity index (χ3v) is 16.2. The van der Waals surface area contributed by atoms with E-state index in [4.69, 9.17) is 0 Å². The zero-order valence-electron chi connectivity index (χ0n) is 44.3. The molecule has 0 aliphatic rings. The molecule has 0 N–H and O–H groups in total. The number of hydrogen-bond acceptors (Lipinski definition) is 2. The summed E-state index contributed by atoms with van der Waals surface area (Å²) >= 11 is 0. The van der Waals surface area contributed by atoms with Gasteiger partial charge in [0.05, 0.1) is 11.4 Å². The van der Waals surface area contributed by atoms with Gasteiger partial charge in [-0.1, -0.05) is 211 Å². The second kappa shape index (κ2) is 20.0. The molecule has 13 aromatic rings. The fourth-order valence-corrected chi connectivity index (χ4v) is 12.9. The first-order valence-electron chi connectivity index (χ1n) is 28.0. The number of fused-ring (bicyclic) bond motifs is 6. The molecule has 0 atom stereocenters. The Hall–Kier alpha value is -8.46. The zero-order valence-corrected chi connectivity index (χ0v) is 44.3. The lowest BCUT2D eigenvalue weighted by molar-refractivity contribution is 0.921. The van der Waals surface area contributed by atoms with E-state index in [1.807, 2.05) is 0 Å². The predicted octanol–water partition coefficient (Wildman–Crippen LogP) is 21.6. The van der Waals surface area contributed by atoms with E-state index < -0.39 is 0 Å². The first kappa shape index (κ1) is 47.3. The van der Waals surface area contributed by atoms with Crippen molar-refractivity contribution in [2.24, 2.45) is 0 Å². The highest BCUT2D eigenvalue weighted by atomic mass is 15.1. The molecule has 13 aromatic carbocycles. The summed E-state index contributed by atoms with van der Waals surface area (Å²) < 4.78 is 0. The number of hydrogen-bond donors (Lipinski definition) is 0. The van der Waals surface area contributed by atoms with Crippen LogP contribution in [-0.2, 0) is 25.7 Å². The van der Waals surface area contributed by atoms with Gasteiger partial charge in [-0.25, -0.2) is 0 Å². The minimum absolute atomic E-state index is 1.07. The Morgan fingerprint density at radius 2 is 0.513 bits per heavy atom. The zero-order chi connectivity index (χ0) is 51.3. The number of aryl methyl sites for hydroxylation is 4. The van der Waals surface area contributed by atoms with Crippen LogP contribution in [-0.4, -0.2) is 0 Å². The van der Waals surface area contributed by atoms with Gasteiger partial charge >= 0.3 is 0 Å². The summed E-state index contributed by atoms with van der Waals surface area (Å²) in [5, 5.41) is 15.5. The largest absolute Gasteiger partial charge is 0.310 e. The van der Waals surface area contributed by atoms with Crippen LogP contribution in [0.5, 0.6) is 0 Å². The number of benzene rings is 11. The lowest BCUT2D eigenvalue weighted by Gasteiger charge is -2.27. The molecule has 0 aliphatic heterocycles. The van der Waals surface area contributed by atoms with Crippen LogP contribution in [0.2, 0.25) is 0 Å². The van der Waals surface area contributed by atoms with Gasteiger partial charge < -0.3 is 9.80 Å². The minimum Gasteiger partial charge on any atom is -0.310 e. The Morgan fingerprint density at radius 1 is 0.237 bits per heavy atom. The lowest BCUT2D eigenvalue weighted by atomic mass is 9.87. The van der Waals surface area contributed by atoms with Gasteiger partial charge in [-0.15, -0.1) is 0 Å². The molecule has 0 spiro atoms. The number of nitrogens with zero attached hydrogens (tertiary/aromatic N) is 2. The van der Waals surface area contributed by atoms with Crippen LogP contribution >= 0.6 is 0 Å². The van der Waals surface area contributed by atoms with Crippen LogP contribution in [0.3, 0.4) is 0 Å². The number of rotatable bonds is 16. The summed E-state index contributed by atoms with van der Waals surface area (Å²) in [4.78, 5) is 4.98. The van der Waals surface area contributed by atoms with Gasteiger partial charge in [0, 0.05) is 33.5 Å². The summed E-state index contributed by atoms with van der Waals surface area (Å²) in [6, 6.07) is 83.5. The minimum atomic E-state index is 1.07. The molecule has 2 nitrogen and oxygen atoms in total. The molecule has 76 heavy (non-hydrogen) atoms. The molecule has 0 radical (unpaired) electrons. The van der Waals surface area contributed by atoms with Crippen molar-refractivity contribution in [3.63, 3.8) is 0 Å². The average Bonchev–Trinajstić information content (AvgIpc) is 4.13. The quantitative estimate of drug-likeness (QED) is 0.0952. The van der Waals surface area contributed by atoms with Gasteiger partial charge in [-0.05, 0) is 185 Å². The van der Waals surface area contributed by atoms with Crippen LogP contribution in [0.4, 0.5) is 34.1 Å². The molecular weight excluding hydrogens is 917 g/mol. The van der Waals surface area contributed by atoms with E-state index in [2.05, 4.69) is 256 Å². The van der Waals surface area contributed by atoms with Crippen molar-refractivity contribution in [1.29, 1.82) is 0 Å². The molecule has 0 saturated carbocycles. The average molecular weight is 981 g/mol. The Balaban J connectivity index is 1.13. The monoisotopic (exact) mass is 981 g/mol. The molecular formula is C74H64N2. The Morgan fingerprint density at radius 3 is 0.803 bits per heavy atom. The molecule has 13 rings (SSSR count). The van der Waals surface area contributed by atoms with Crippen molar-refractivity contribution in [2.45, 2.75) is 79.1 Å². The summed E-state index contributed by atoms with van der Waals surface area (Å²) in [6.45, 7) is 9.04. The van der Waals surface area contributed by atoms with Gasteiger partial charge in [0.1, 0.15) is 0 Å². The van der Waals surface area contributed by atoms with Gasteiger partial charge in [0.15, 0.2) is 0 Å². The first-order valence-corrected chi connectivity index (χ1v) is 28.0. The van der Waals surface area contributed by atoms with Crippen LogP contribution in [0.1, 0.15) is 75.6 Å². The van der Waals surface area contributed by atoms with Crippen LogP contribution in [0, 0.1) is 0 Å². The van der Waals surface area contributed by atoms with E-state index in [-0.39, 0.29) is 0 Å². The molecule has 0 heterocycles. The normalized spacial score (nSPS) is 11.8. The third-order valence-electron chi connectivity index (χ3n) is 16.2. The van der Waals surface area contributed by atoms with E-state index >= 15 is 0 Å². The van der Waals surface area contributed by atoms with Crippen molar-refractivity contribution < 1.29 is 0 Å². The van der Waals surface area contributed by atoms with Crippen molar-refractivity contribution in [3.05, 3.63) is 241 Å². The highest BCUT2D eigenvalue weighted by Gasteiger charge is 2.30. The molecule has 0 aromatic heterocycles. The highest BCUT2D eigenvalue weighted by Crippen LogP contribution is 2.57. The Kier molecular flexibility index (Phi) is 12.4. The fraction of sp³-hybridized carbons (Fsp3) is 0.162. The second-order valence-corrected chi connectivity index (χ2v) is 21.0. The van der Waals surface area contributed by atoms with Crippen LogP contribution in [0.15, 0.2) is 218 Å². The molecule has 0 unspecified atom stereocenters. The summed E-state index contributed by atoms with van der Waals surface area (Å²) in [7, 11) is 0. The van der Waals surface area contributed by atoms with E-state index in [0.717, 1.165) is 74.1 Å². The van der Waals surface area contributed by atoms with Crippen molar-refractivity contribution in [1.82, 2.24) is 0 Å². The first-order chi connectivity index (χ1) is 37.6. The van der Waals surface area contributed by atoms with Crippen LogP contribution in [0.25, 0.3) is 86.9 Å². The molecule has 370 valence electrons. The van der Waals surface area contributed by atoms with Gasteiger partial charge in [0.2, 0.25) is 0 Å². The lowest BCUT2D eigenvalue weighted by Crippen LogP contribution is -2.10. The van der Waals surface area contributed by atoms with E-state index in [1.54, 1.807) is 0 Å². The molecule has 0 amide bonds. The van der Waals surface area contributed by atoms with Gasteiger partial charge in [-0.2, -0.15) is 0 Å². The summed E-state index contributed by atoms with van der Waals surface area (Å²) in [5.41, 5.74) is 17.6. The fourth-order valence-electron chi connectivity index (χ4n) is 12.9. The van der Waals surface area contributed by atoms with Gasteiger partial charge in [-0.3, -0.25) is 0 Å². The highest BCUT2D eigenvalue weighted by molar-refractivity contribution is 6.47. The van der Waals surface area contributed by atoms with E-state index in [9.17, 15) is 0 Å². The molecule has 0 bridgehead atoms.